The Labute approximate surface area is 319 Å². The molecule has 0 amide bonds. The first-order chi connectivity index (χ1) is 25.4. The summed E-state index contributed by atoms with van der Waals surface area (Å²) in [6.07, 6.45) is 16.8. The number of ether oxygens (including phenoxy) is 1. The van der Waals surface area contributed by atoms with E-state index in [1.165, 1.54) is 16.7 Å². The molecule has 0 aliphatic rings. The molecule has 2 N–H and O–H groups in total. The number of rotatable bonds is 11. The van der Waals surface area contributed by atoms with Crippen molar-refractivity contribution in [2.75, 3.05) is 17.2 Å². The molecule has 0 aromatic heterocycles. The maximum atomic E-state index is 5.77. The normalized spacial score (nSPS) is 11.1. The first-order valence-electron chi connectivity index (χ1n) is 17.8. The first-order valence-corrected chi connectivity index (χ1v) is 17.8. The van der Waals surface area contributed by atoms with E-state index < -0.39 is 0 Å². The lowest BCUT2D eigenvalue weighted by atomic mass is 10.1. The smallest absolute Gasteiger partial charge is 0.119 e. The average Bonchev–Trinajstić information content (AvgIpc) is 3.17. The van der Waals surface area contributed by atoms with Crippen LogP contribution in [0.5, 0.6) is 5.75 Å². The third-order valence-electron chi connectivity index (χ3n) is 8.42. The van der Waals surface area contributed by atoms with E-state index in [9.17, 15) is 0 Å². The van der Waals surface area contributed by atoms with Gasteiger partial charge in [0.05, 0.1) is 6.61 Å². The molecule has 3 nitrogen and oxygen atoms in total. The molecule has 0 aliphatic carbocycles. The molecule has 6 aromatic rings. The number of nitrogens with two attached hydrogens (primary N) is 1. The molecule has 0 atom stereocenters. The standard InChI is InChI=1S/C41H37NO.C8H11N.CH4.H2/c1-3-43-40-30-31-41(33(2)32-40)42(38-26-22-36(23-27-38)20-12-10-18-34-14-6-4-7-15-34)39-28-24-37(25-29-39)21-13-11-19-35-16-8-5-9-17-35;1-6-3-4-8(9)7(2)5-6;;/h4-32H,3H2,1-2H3;3-5H,9H2,1-2H3;1H4;1H/b18-10+,19-11+,20-12+,21-13+;;;. The highest BCUT2D eigenvalue weighted by Gasteiger charge is 2.15. The summed E-state index contributed by atoms with van der Waals surface area (Å²) in [5, 5.41) is 0. The van der Waals surface area contributed by atoms with Crippen LogP contribution in [0.25, 0.3) is 24.3 Å². The van der Waals surface area contributed by atoms with Crippen molar-refractivity contribution in [2.45, 2.75) is 35.1 Å². The number of benzene rings is 6. The molecular weight excluding hydrogens is 645 g/mol. The number of nitrogen functional groups attached to an aromatic ring is 1. The lowest BCUT2D eigenvalue weighted by molar-refractivity contribution is 0.340. The predicted molar refractivity (Wildman–Crippen MR) is 235 cm³/mol. The number of aryl methyl sites for hydroxylation is 3. The SMILES string of the molecule is C.CCOc1ccc(N(c2ccc(/C=C/C=C/c3ccccc3)cc2)c2ccc(/C=C/C=C/c3ccccc3)cc2)c(C)c1.Cc1ccc(N)c(C)c1.[HH]. The van der Waals surface area contributed by atoms with Gasteiger partial charge in [-0.15, -0.1) is 0 Å². The van der Waals surface area contributed by atoms with E-state index >= 15 is 0 Å². The van der Waals surface area contributed by atoms with Crippen molar-refractivity contribution >= 4 is 47.1 Å². The lowest BCUT2D eigenvalue weighted by Gasteiger charge is -2.27. The van der Waals surface area contributed by atoms with Gasteiger partial charge in [-0.3, -0.25) is 0 Å². The van der Waals surface area contributed by atoms with Crippen molar-refractivity contribution in [3.8, 4) is 5.75 Å². The molecule has 0 bridgehead atoms. The van der Waals surface area contributed by atoms with Crippen molar-refractivity contribution in [3.05, 3.63) is 209 Å². The third-order valence-corrected chi connectivity index (χ3v) is 8.42. The van der Waals surface area contributed by atoms with Crippen LogP contribution in [0, 0.1) is 20.8 Å². The van der Waals surface area contributed by atoms with Gasteiger partial charge in [-0.1, -0.05) is 159 Å². The van der Waals surface area contributed by atoms with Gasteiger partial charge in [-0.05, 0) is 110 Å². The Morgan fingerprint density at radius 1 is 0.528 bits per heavy atom. The summed E-state index contributed by atoms with van der Waals surface area (Å²) in [5.74, 6) is 0.886. The van der Waals surface area contributed by atoms with Gasteiger partial charge in [0.15, 0.2) is 0 Å². The highest BCUT2D eigenvalue weighted by molar-refractivity contribution is 5.80. The van der Waals surface area contributed by atoms with Crippen LogP contribution in [-0.4, -0.2) is 6.61 Å². The maximum absolute atomic E-state index is 5.77. The van der Waals surface area contributed by atoms with Crippen LogP contribution >= 0.6 is 0 Å². The van der Waals surface area contributed by atoms with Crippen molar-refractivity contribution in [1.29, 1.82) is 0 Å². The molecule has 0 radical (unpaired) electrons. The summed E-state index contributed by atoms with van der Waals surface area (Å²) in [6, 6.07) is 50.4. The summed E-state index contributed by atoms with van der Waals surface area (Å²) in [5.41, 5.74) is 18.0. The Kier molecular flexibility index (Phi) is 15.3. The summed E-state index contributed by atoms with van der Waals surface area (Å²) >= 11 is 0. The lowest BCUT2D eigenvalue weighted by Crippen LogP contribution is -2.11. The van der Waals surface area contributed by atoms with E-state index in [0.717, 1.165) is 50.8 Å². The molecule has 270 valence electrons. The average molecular weight is 699 g/mol. The summed E-state index contributed by atoms with van der Waals surface area (Å²) in [6.45, 7) is 8.87. The Bertz CT molecular complexity index is 2010. The van der Waals surface area contributed by atoms with E-state index in [1.54, 1.807) is 0 Å². The van der Waals surface area contributed by atoms with E-state index in [-0.39, 0.29) is 8.85 Å². The van der Waals surface area contributed by atoms with E-state index in [0.29, 0.717) is 6.61 Å². The first kappa shape index (κ1) is 39.5. The second kappa shape index (κ2) is 20.5. The predicted octanol–water partition coefficient (Wildman–Crippen LogP) is 14.1. The molecule has 0 spiro atoms. The molecule has 0 saturated carbocycles. The number of hydrogen-bond donors (Lipinski definition) is 1. The minimum Gasteiger partial charge on any atom is -0.494 e. The zero-order valence-electron chi connectivity index (χ0n) is 30.6. The zero-order chi connectivity index (χ0) is 36.5. The molecule has 53 heavy (non-hydrogen) atoms. The molecule has 0 fully saturated rings. The Hall–Kier alpha value is -6.32. The van der Waals surface area contributed by atoms with E-state index in [2.05, 4.69) is 183 Å². The molecule has 6 aromatic carbocycles. The van der Waals surface area contributed by atoms with Gasteiger partial charge >= 0.3 is 0 Å². The van der Waals surface area contributed by atoms with E-state index in [1.807, 2.05) is 44.2 Å². The van der Waals surface area contributed by atoms with E-state index in [4.69, 9.17) is 10.5 Å². The molecule has 0 saturated heterocycles. The number of nitrogens with zero attached hydrogens (tertiary/aromatic N) is 1. The molecule has 3 heteroatoms. The molecule has 0 aliphatic heterocycles. The summed E-state index contributed by atoms with van der Waals surface area (Å²) in [4.78, 5) is 2.30. The van der Waals surface area contributed by atoms with Gasteiger partial charge < -0.3 is 15.4 Å². The van der Waals surface area contributed by atoms with Gasteiger partial charge in [0, 0.05) is 24.2 Å². The molecule has 0 unspecified atom stereocenters. The highest BCUT2D eigenvalue weighted by Crippen LogP contribution is 2.38. The van der Waals surface area contributed by atoms with Crippen molar-refractivity contribution in [2.24, 2.45) is 0 Å². The number of allylic oxidation sites excluding steroid dienone is 4. The third kappa shape index (κ3) is 12.2. The fourth-order valence-electron chi connectivity index (χ4n) is 5.65. The van der Waals surface area contributed by atoms with Gasteiger partial charge in [-0.2, -0.15) is 0 Å². The Balaban J connectivity index is 0.000000626. The zero-order valence-corrected chi connectivity index (χ0v) is 30.6. The maximum Gasteiger partial charge on any atom is 0.119 e. The van der Waals surface area contributed by atoms with Crippen LogP contribution in [0.3, 0.4) is 0 Å². The monoisotopic (exact) mass is 698 g/mol. The van der Waals surface area contributed by atoms with Crippen LogP contribution in [0.2, 0.25) is 0 Å². The largest absolute Gasteiger partial charge is 0.494 e. The Morgan fingerprint density at radius 2 is 0.981 bits per heavy atom. The number of anilines is 4. The van der Waals surface area contributed by atoms with Crippen LogP contribution < -0.4 is 15.4 Å². The Morgan fingerprint density at radius 3 is 1.38 bits per heavy atom. The molecular formula is C50H54N2O. The van der Waals surface area contributed by atoms with Crippen LogP contribution in [0.1, 0.15) is 54.7 Å². The van der Waals surface area contributed by atoms with Crippen LogP contribution in [-0.2, 0) is 0 Å². The second-order valence-electron chi connectivity index (χ2n) is 12.5. The minimum absolute atomic E-state index is 0. The van der Waals surface area contributed by atoms with Gasteiger partial charge in [0.1, 0.15) is 5.75 Å². The van der Waals surface area contributed by atoms with Gasteiger partial charge in [0.25, 0.3) is 0 Å². The van der Waals surface area contributed by atoms with Gasteiger partial charge in [-0.25, -0.2) is 0 Å². The molecule has 0 heterocycles. The summed E-state index contributed by atoms with van der Waals surface area (Å²) in [7, 11) is 0. The quantitative estimate of drug-likeness (QED) is 0.108. The fourth-order valence-corrected chi connectivity index (χ4v) is 5.65. The van der Waals surface area contributed by atoms with Crippen molar-refractivity contribution in [3.63, 3.8) is 0 Å². The fraction of sp³-hybridized carbons (Fsp3) is 0.120. The van der Waals surface area contributed by atoms with Gasteiger partial charge in [0.2, 0.25) is 0 Å². The number of hydrogen-bond acceptors (Lipinski definition) is 3. The van der Waals surface area contributed by atoms with Crippen LogP contribution in [0.15, 0.2) is 170 Å². The highest BCUT2D eigenvalue weighted by atomic mass is 16.5. The summed E-state index contributed by atoms with van der Waals surface area (Å²) < 4.78 is 5.77. The van der Waals surface area contributed by atoms with Crippen molar-refractivity contribution < 1.29 is 6.16 Å². The topological polar surface area (TPSA) is 38.5 Å². The second-order valence-corrected chi connectivity index (χ2v) is 12.5. The minimum atomic E-state index is 0. The van der Waals surface area contributed by atoms with Crippen LogP contribution in [0.4, 0.5) is 22.7 Å². The molecule has 6 rings (SSSR count). The van der Waals surface area contributed by atoms with Crippen molar-refractivity contribution in [1.82, 2.24) is 0 Å².